The highest BCUT2D eigenvalue weighted by Crippen LogP contribution is 2.35. The molecule has 0 spiro atoms. The van der Waals surface area contributed by atoms with Crippen LogP contribution < -0.4 is 11.1 Å². The molecule has 1 heterocycles. The molecule has 7 nitrogen and oxygen atoms in total. The monoisotopic (exact) mass is 481 g/mol. The molecule has 0 saturated carbocycles. The fourth-order valence-electron chi connectivity index (χ4n) is 3.07. The fourth-order valence-corrected chi connectivity index (χ4v) is 5.52. The number of rotatable bonds is 10. The van der Waals surface area contributed by atoms with E-state index < -0.39 is 21.8 Å². The Balaban J connectivity index is 1.84. The lowest BCUT2D eigenvalue weighted by molar-refractivity contribution is 0.100. The second-order valence-corrected chi connectivity index (χ2v) is 9.95. The number of thiophene rings is 1. The van der Waals surface area contributed by atoms with Crippen molar-refractivity contribution in [1.82, 2.24) is 4.31 Å². The summed E-state index contributed by atoms with van der Waals surface area (Å²) in [4.78, 5) is 25.5. The van der Waals surface area contributed by atoms with E-state index in [2.05, 4.69) is 18.5 Å². The number of nitrogens with one attached hydrogen (secondary N) is 1. The number of primary amides is 1. The summed E-state index contributed by atoms with van der Waals surface area (Å²) in [6.45, 7) is 7.43. The van der Waals surface area contributed by atoms with Gasteiger partial charge >= 0.3 is 0 Å². The predicted octanol–water partition coefficient (Wildman–Crippen LogP) is 4.13. The highest BCUT2D eigenvalue weighted by atomic mass is 32.2. The maximum absolute atomic E-state index is 12.8. The van der Waals surface area contributed by atoms with E-state index in [9.17, 15) is 18.0 Å². The molecule has 170 valence electrons. The minimum absolute atomic E-state index is 0.0445. The number of nitrogens with zero attached hydrogens (tertiary/aromatic N) is 1. The zero-order chi connectivity index (χ0) is 24.0. The number of hydrogen-bond donors (Lipinski definition) is 2. The van der Waals surface area contributed by atoms with Crippen LogP contribution >= 0.6 is 11.3 Å². The van der Waals surface area contributed by atoms with Crippen LogP contribution in [-0.2, 0) is 10.0 Å². The topological polar surface area (TPSA) is 110 Å². The number of carbonyl (C=O) groups excluding carboxylic acids is 2. The minimum Gasteiger partial charge on any atom is -0.366 e. The lowest BCUT2D eigenvalue weighted by Gasteiger charge is -2.19. The van der Waals surface area contributed by atoms with Crippen LogP contribution in [0.3, 0.4) is 0 Å². The average molecular weight is 482 g/mol. The van der Waals surface area contributed by atoms with E-state index in [0.29, 0.717) is 5.00 Å². The van der Waals surface area contributed by atoms with E-state index in [1.165, 1.54) is 52.1 Å². The first kappa shape index (κ1) is 24.1. The van der Waals surface area contributed by atoms with Crippen LogP contribution in [0, 0.1) is 0 Å². The standard InChI is InChI=1S/C24H23N3O4S2/c1-3-14-27(15-4-2)33(30,31)19-12-10-18(11-13-19)23(29)26-24-20(22(25)28)16-21(32-24)17-8-6-5-7-9-17/h3-13,16H,1-2,14-15H2,(H2,25,28)(H,26,29). The zero-order valence-electron chi connectivity index (χ0n) is 17.7. The molecule has 0 saturated heterocycles. The van der Waals surface area contributed by atoms with Gasteiger partial charge in [-0.1, -0.05) is 42.5 Å². The summed E-state index contributed by atoms with van der Waals surface area (Å²) < 4.78 is 26.9. The normalized spacial score (nSPS) is 11.2. The predicted molar refractivity (Wildman–Crippen MR) is 132 cm³/mol. The minimum atomic E-state index is -3.77. The molecule has 3 aromatic rings. The maximum Gasteiger partial charge on any atom is 0.256 e. The SMILES string of the molecule is C=CCN(CC=C)S(=O)(=O)c1ccc(C(=O)Nc2sc(-c3ccccc3)cc2C(N)=O)cc1. The second-order valence-electron chi connectivity index (χ2n) is 6.96. The Morgan fingerprint density at radius 2 is 1.61 bits per heavy atom. The molecule has 0 unspecified atom stereocenters. The van der Waals surface area contributed by atoms with E-state index in [1.807, 2.05) is 30.3 Å². The van der Waals surface area contributed by atoms with Gasteiger partial charge in [0.15, 0.2) is 0 Å². The molecule has 9 heteroatoms. The third-order valence-corrected chi connectivity index (χ3v) is 7.65. The Labute approximate surface area is 196 Å². The van der Waals surface area contributed by atoms with Crippen molar-refractivity contribution in [3.63, 3.8) is 0 Å². The summed E-state index contributed by atoms with van der Waals surface area (Å²) in [5.41, 5.74) is 6.83. The summed E-state index contributed by atoms with van der Waals surface area (Å²) in [5, 5.41) is 3.04. The van der Waals surface area contributed by atoms with Crippen LogP contribution in [0.2, 0.25) is 0 Å². The average Bonchev–Trinajstić information content (AvgIpc) is 3.23. The van der Waals surface area contributed by atoms with Gasteiger partial charge in [-0.25, -0.2) is 8.42 Å². The van der Waals surface area contributed by atoms with Gasteiger partial charge in [0.25, 0.3) is 11.8 Å². The van der Waals surface area contributed by atoms with Crippen molar-refractivity contribution >= 4 is 38.2 Å². The number of nitrogens with two attached hydrogens (primary N) is 1. The molecule has 2 amide bonds. The number of sulfonamides is 1. The third-order valence-electron chi connectivity index (χ3n) is 4.70. The molecule has 3 N–H and O–H groups in total. The molecule has 2 aromatic carbocycles. The van der Waals surface area contributed by atoms with Crippen LogP contribution in [0.5, 0.6) is 0 Å². The Bertz CT molecular complexity index is 1270. The molecule has 0 fully saturated rings. The van der Waals surface area contributed by atoms with Gasteiger partial charge in [-0.05, 0) is 35.9 Å². The lowest BCUT2D eigenvalue weighted by Crippen LogP contribution is -2.31. The molecule has 0 bridgehead atoms. The van der Waals surface area contributed by atoms with Crippen molar-refractivity contribution in [3.05, 3.63) is 97.1 Å². The van der Waals surface area contributed by atoms with E-state index in [-0.39, 0.29) is 29.1 Å². The molecule has 0 radical (unpaired) electrons. The molecule has 0 aliphatic heterocycles. The van der Waals surface area contributed by atoms with Crippen LogP contribution in [0.25, 0.3) is 10.4 Å². The number of hydrogen-bond acceptors (Lipinski definition) is 5. The van der Waals surface area contributed by atoms with Crippen molar-refractivity contribution in [3.8, 4) is 10.4 Å². The Morgan fingerprint density at radius 3 is 2.15 bits per heavy atom. The van der Waals surface area contributed by atoms with Gasteiger partial charge in [0.2, 0.25) is 10.0 Å². The lowest BCUT2D eigenvalue weighted by atomic mass is 10.1. The Hall–Kier alpha value is -3.53. The zero-order valence-corrected chi connectivity index (χ0v) is 19.4. The van der Waals surface area contributed by atoms with E-state index >= 15 is 0 Å². The van der Waals surface area contributed by atoms with Gasteiger partial charge in [0, 0.05) is 23.5 Å². The largest absolute Gasteiger partial charge is 0.366 e. The van der Waals surface area contributed by atoms with Crippen molar-refractivity contribution in [2.45, 2.75) is 4.90 Å². The maximum atomic E-state index is 12.8. The summed E-state index contributed by atoms with van der Waals surface area (Å²) in [6, 6.07) is 16.6. The Morgan fingerprint density at radius 1 is 1.00 bits per heavy atom. The van der Waals surface area contributed by atoms with Gasteiger partial charge in [0.05, 0.1) is 10.5 Å². The van der Waals surface area contributed by atoms with Crippen LogP contribution in [0.1, 0.15) is 20.7 Å². The van der Waals surface area contributed by atoms with E-state index in [4.69, 9.17) is 5.73 Å². The second kappa shape index (κ2) is 10.4. The molecule has 33 heavy (non-hydrogen) atoms. The smallest absolute Gasteiger partial charge is 0.256 e. The van der Waals surface area contributed by atoms with E-state index in [0.717, 1.165) is 10.4 Å². The first-order chi connectivity index (χ1) is 15.8. The summed E-state index contributed by atoms with van der Waals surface area (Å²) in [7, 11) is -3.77. The molecule has 3 rings (SSSR count). The quantitative estimate of drug-likeness (QED) is 0.424. The van der Waals surface area contributed by atoms with Crippen LogP contribution in [0.4, 0.5) is 5.00 Å². The van der Waals surface area contributed by atoms with Crippen molar-refractivity contribution in [2.24, 2.45) is 5.73 Å². The molecule has 1 aromatic heterocycles. The first-order valence-electron chi connectivity index (χ1n) is 9.90. The van der Waals surface area contributed by atoms with Crippen molar-refractivity contribution in [1.29, 1.82) is 0 Å². The number of amides is 2. The summed E-state index contributed by atoms with van der Waals surface area (Å²) in [6.07, 6.45) is 2.98. The number of anilines is 1. The highest BCUT2D eigenvalue weighted by molar-refractivity contribution is 7.89. The number of benzene rings is 2. The third kappa shape index (κ3) is 5.46. The molecular formula is C24H23N3O4S2. The van der Waals surface area contributed by atoms with Crippen LogP contribution in [-0.4, -0.2) is 37.6 Å². The van der Waals surface area contributed by atoms with Gasteiger partial charge in [-0.15, -0.1) is 24.5 Å². The molecule has 0 atom stereocenters. The van der Waals surface area contributed by atoms with Gasteiger partial charge in [0.1, 0.15) is 5.00 Å². The molecular weight excluding hydrogens is 458 g/mol. The van der Waals surface area contributed by atoms with Gasteiger partial charge < -0.3 is 11.1 Å². The molecule has 0 aliphatic carbocycles. The summed E-state index contributed by atoms with van der Waals surface area (Å²) >= 11 is 1.23. The number of carbonyl (C=O) groups is 2. The summed E-state index contributed by atoms with van der Waals surface area (Å²) in [5.74, 6) is -1.15. The van der Waals surface area contributed by atoms with Crippen molar-refractivity contribution < 1.29 is 18.0 Å². The fraction of sp³-hybridized carbons (Fsp3) is 0.0833. The molecule has 0 aliphatic rings. The van der Waals surface area contributed by atoms with E-state index in [1.54, 1.807) is 6.07 Å². The van der Waals surface area contributed by atoms with Crippen molar-refractivity contribution in [2.75, 3.05) is 18.4 Å². The first-order valence-corrected chi connectivity index (χ1v) is 12.2. The Kier molecular flexibility index (Phi) is 7.59. The van der Waals surface area contributed by atoms with Crippen LogP contribution in [0.15, 0.2) is 90.9 Å². The highest BCUT2D eigenvalue weighted by Gasteiger charge is 2.23. The van der Waals surface area contributed by atoms with Gasteiger partial charge in [-0.2, -0.15) is 4.31 Å². The van der Waals surface area contributed by atoms with Gasteiger partial charge in [-0.3, -0.25) is 9.59 Å².